The number of aromatic nitrogens is 2. The van der Waals surface area contributed by atoms with Crippen LogP contribution in [-0.2, 0) is 0 Å². The van der Waals surface area contributed by atoms with Crippen LogP contribution in [-0.4, -0.2) is 37.6 Å². The van der Waals surface area contributed by atoms with Crippen LogP contribution in [0.1, 0.15) is 5.69 Å². The molecule has 0 aliphatic rings. The third-order valence-corrected chi connectivity index (χ3v) is 4.14. The lowest BCUT2D eigenvalue weighted by Crippen LogP contribution is -2.19. The number of ether oxygens (including phenoxy) is 3. The highest BCUT2D eigenvalue weighted by Crippen LogP contribution is 2.39. The highest BCUT2D eigenvalue weighted by Gasteiger charge is 2.14. The number of nitrogens with zero attached hydrogens (tertiary/aromatic N) is 2. The van der Waals surface area contributed by atoms with Crippen LogP contribution in [0.15, 0.2) is 48.5 Å². The monoisotopic (exact) mass is 409 g/mol. The zero-order valence-electron chi connectivity index (χ0n) is 17.1. The van der Waals surface area contributed by atoms with Crippen LogP contribution in [0.4, 0.5) is 27.7 Å². The van der Waals surface area contributed by atoms with Crippen molar-refractivity contribution in [1.82, 2.24) is 10.2 Å². The molecule has 0 atom stereocenters. The molecule has 9 heteroatoms. The lowest BCUT2D eigenvalue weighted by atomic mass is 10.2. The second kappa shape index (κ2) is 9.46. The standard InChI is InChI=1S/C21H23N5O4/c1-13-5-10-19(26-25-13)22-14-6-8-15(9-7-14)23-21(27)24-16-11-17(28-2)20(30-4)18(12-16)29-3/h5-12H,1-4H3,(H,22,26)(H2,23,24,27). The molecule has 156 valence electrons. The molecule has 0 saturated carbocycles. The van der Waals surface area contributed by atoms with Gasteiger partial charge in [0, 0.05) is 23.5 Å². The highest BCUT2D eigenvalue weighted by molar-refractivity contribution is 6.00. The van der Waals surface area contributed by atoms with E-state index >= 15 is 0 Å². The van der Waals surface area contributed by atoms with E-state index in [1.54, 1.807) is 24.3 Å². The van der Waals surface area contributed by atoms with Crippen LogP contribution in [0.3, 0.4) is 0 Å². The van der Waals surface area contributed by atoms with E-state index in [0.29, 0.717) is 34.4 Å². The summed E-state index contributed by atoms with van der Waals surface area (Å²) >= 11 is 0. The number of anilines is 4. The molecule has 2 aromatic carbocycles. The molecule has 0 aliphatic heterocycles. The Morgan fingerprint density at radius 1 is 0.767 bits per heavy atom. The quantitative estimate of drug-likeness (QED) is 0.537. The summed E-state index contributed by atoms with van der Waals surface area (Å²) in [5, 5.41) is 16.7. The van der Waals surface area contributed by atoms with Gasteiger partial charge in [-0.3, -0.25) is 0 Å². The summed E-state index contributed by atoms with van der Waals surface area (Å²) in [6, 6.07) is 13.8. The second-order valence-electron chi connectivity index (χ2n) is 6.26. The van der Waals surface area contributed by atoms with Gasteiger partial charge in [0.15, 0.2) is 17.3 Å². The van der Waals surface area contributed by atoms with Crippen LogP contribution < -0.4 is 30.2 Å². The van der Waals surface area contributed by atoms with Crippen LogP contribution in [0.2, 0.25) is 0 Å². The molecule has 1 aromatic heterocycles. The Morgan fingerprint density at radius 3 is 1.90 bits per heavy atom. The maximum atomic E-state index is 12.4. The van der Waals surface area contributed by atoms with Gasteiger partial charge in [0.2, 0.25) is 5.75 Å². The molecule has 1 heterocycles. The fourth-order valence-corrected chi connectivity index (χ4v) is 2.70. The maximum absolute atomic E-state index is 12.4. The van der Waals surface area contributed by atoms with Crippen molar-refractivity contribution in [3.8, 4) is 17.2 Å². The molecule has 0 unspecified atom stereocenters. The predicted octanol–water partition coefficient (Wildman–Crippen LogP) is 4.20. The average molecular weight is 409 g/mol. The SMILES string of the molecule is COc1cc(NC(=O)Nc2ccc(Nc3ccc(C)nn3)cc2)cc(OC)c1OC. The van der Waals surface area contributed by atoms with Gasteiger partial charge in [-0.15, -0.1) is 5.10 Å². The van der Waals surface area contributed by atoms with E-state index in [9.17, 15) is 4.79 Å². The van der Waals surface area contributed by atoms with E-state index in [2.05, 4.69) is 26.1 Å². The fraction of sp³-hybridized carbons (Fsp3) is 0.190. The molecule has 0 fully saturated rings. The van der Waals surface area contributed by atoms with Gasteiger partial charge in [-0.1, -0.05) is 0 Å². The summed E-state index contributed by atoms with van der Waals surface area (Å²) < 4.78 is 15.9. The lowest BCUT2D eigenvalue weighted by Gasteiger charge is -2.15. The van der Waals surface area contributed by atoms with Gasteiger partial charge in [-0.05, 0) is 43.3 Å². The summed E-state index contributed by atoms with van der Waals surface area (Å²) in [6.45, 7) is 1.88. The normalized spacial score (nSPS) is 10.1. The summed E-state index contributed by atoms with van der Waals surface area (Å²) in [5.41, 5.74) is 2.79. The number of hydrogen-bond acceptors (Lipinski definition) is 7. The molecule has 3 N–H and O–H groups in total. The number of aryl methyl sites for hydroxylation is 1. The number of methoxy groups -OCH3 is 3. The molecule has 9 nitrogen and oxygen atoms in total. The first-order chi connectivity index (χ1) is 14.5. The Kier molecular flexibility index (Phi) is 6.53. The van der Waals surface area contributed by atoms with Crippen molar-refractivity contribution in [2.24, 2.45) is 0 Å². The van der Waals surface area contributed by atoms with Gasteiger partial charge in [0.25, 0.3) is 0 Å². The van der Waals surface area contributed by atoms with Crippen molar-refractivity contribution in [3.05, 3.63) is 54.2 Å². The predicted molar refractivity (Wildman–Crippen MR) is 115 cm³/mol. The molecule has 2 amide bonds. The molecule has 30 heavy (non-hydrogen) atoms. The molecule has 0 radical (unpaired) electrons. The van der Waals surface area contributed by atoms with Gasteiger partial charge in [-0.2, -0.15) is 5.10 Å². The Balaban J connectivity index is 1.64. The van der Waals surface area contributed by atoms with Crippen molar-refractivity contribution in [1.29, 1.82) is 0 Å². The van der Waals surface area contributed by atoms with E-state index in [4.69, 9.17) is 14.2 Å². The van der Waals surface area contributed by atoms with Gasteiger partial charge in [0.1, 0.15) is 0 Å². The third-order valence-electron chi connectivity index (χ3n) is 4.14. The molecule has 0 spiro atoms. The molecule has 0 aliphatic carbocycles. The van der Waals surface area contributed by atoms with Crippen molar-refractivity contribution < 1.29 is 19.0 Å². The van der Waals surface area contributed by atoms with Gasteiger partial charge >= 0.3 is 6.03 Å². The largest absolute Gasteiger partial charge is 0.493 e. The minimum atomic E-state index is -0.408. The van der Waals surface area contributed by atoms with Crippen molar-refractivity contribution in [2.75, 3.05) is 37.3 Å². The third kappa shape index (κ3) is 5.07. The van der Waals surface area contributed by atoms with E-state index < -0.39 is 6.03 Å². The first kappa shape index (κ1) is 20.7. The average Bonchev–Trinajstić information content (AvgIpc) is 2.75. The van der Waals surface area contributed by atoms with Crippen LogP contribution in [0, 0.1) is 6.92 Å². The van der Waals surface area contributed by atoms with Crippen molar-refractivity contribution in [2.45, 2.75) is 6.92 Å². The Bertz CT molecular complexity index is 982. The minimum absolute atomic E-state index is 0.408. The van der Waals surface area contributed by atoms with E-state index in [1.807, 2.05) is 31.2 Å². The fourth-order valence-electron chi connectivity index (χ4n) is 2.70. The first-order valence-electron chi connectivity index (χ1n) is 9.08. The first-order valence-corrected chi connectivity index (χ1v) is 9.08. The zero-order chi connectivity index (χ0) is 21.5. The molecular weight excluding hydrogens is 386 g/mol. The Morgan fingerprint density at radius 2 is 1.37 bits per heavy atom. The van der Waals surface area contributed by atoms with Gasteiger partial charge < -0.3 is 30.2 Å². The van der Waals surface area contributed by atoms with Gasteiger partial charge in [-0.25, -0.2) is 4.79 Å². The van der Waals surface area contributed by atoms with Crippen molar-refractivity contribution >= 4 is 28.9 Å². The summed E-state index contributed by atoms with van der Waals surface area (Å²) in [6.07, 6.45) is 0. The number of nitrogens with one attached hydrogen (secondary N) is 3. The molecule has 0 saturated heterocycles. The minimum Gasteiger partial charge on any atom is -0.493 e. The summed E-state index contributed by atoms with van der Waals surface area (Å²) in [7, 11) is 4.54. The summed E-state index contributed by atoms with van der Waals surface area (Å²) in [4.78, 5) is 12.4. The Labute approximate surface area is 174 Å². The molecule has 3 rings (SSSR count). The Hall–Kier alpha value is -4.01. The van der Waals surface area contributed by atoms with Crippen LogP contribution in [0.25, 0.3) is 0 Å². The molecular formula is C21H23N5O4. The number of rotatable bonds is 7. The number of hydrogen-bond donors (Lipinski definition) is 3. The van der Waals surface area contributed by atoms with Crippen molar-refractivity contribution in [3.63, 3.8) is 0 Å². The molecule has 3 aromatic rings. The topological polar surface area (TPSA) is 107 Å². The molecule has 0 bridgehead atoms. The van der Waals surface area contributed by atoms with E-state index in [0.717, 1.165) is 11.4 Å². The maximum Gasteiger partial charge on any atom is 0.323 e. The zero-order valence-corrected chi connectivity index (χ0v) is 17.1. The van der Waals surface area contributed by atoms with E-state index in [1.165, 1.54) is 21.3 Å². The second-order valence-corrected chi connectivity index (χ2v) is 6.26. The highest BCUT2D eigenvalue weighted by atomic mass is 16.5. The van der Waals surface area contributed by atoms with Gasteiger partial charge in [0.05, 0.1) is 32.7 Å². The lowest BCUT2D eigenvalue weighted by molar-refractivity contribution is 0.262. The smallest absolute Gasteiger partial charge is 0.323 e. The number of urea groups is 1. The van der Waals surface area contributed by atoms with E-state index in [-0.39, 0.29) is 0 Å². The van der Waals surface area contributed by atoms with Crippen LogP contribution >= 0.6 is 0 Å². The van der Waals surface area contributed by atoms with Crippen LogP contribution in [0.5, 0.6) is 17.2 Å². The number of amides is 2. The number of carbonyl (C=O) groups excluding carboxylic acids is 1. The summed E-state index contributed by atoms with van der Waals surface area (Å²) in [5.74, 6) is 1.98. The number of benzene rings is 2. The number of carbonyl (C=O) groups is 1.